The molecule has 0 saturated carbocycles. The maximum atomic E-state index is 14.2. The van der Waals surface area contributed by atoms with Gasteiger partial charge in [-0.2, -0.15) is 0 Å². The van der Waals surface area contributed by atoms with Crippen molar-refractivity contribution in [2.24, 2.45) is 0 Å². The molecule has 1 fully saturated rings. The Morgan fingerprint density at radius 1 is 0.815 bits per heavy atom. The van der Waals surface area contributed by atoms with Crippen molar-refractivity contribution in [3.05, 3.63) is 76.6 Å². The van der Waals surface area contributed by atoms with Gasteiger partial charge >= 0.3 is 0 Å². The molecule has 142 valence electrons. The first-order valence-corrected chi connectivity index (χ1v) is 8.99. The van der Waals surface area contributed by atoms with Gasteiger partial charge in [-0.15, -0.1) is 0 Å². The van der Waals surface area contributed by atoms with Crippen LogP contribution in [-0.4, -0.2) is 17.0 Å². The Morgan fingerprint density at radius 2 is 1.44 bits per heavy atom. The van der Waals surface area contributed by atoms with Crippen LogP contribution in [0.5, 0.6) is 0 Å². The topological polar surface area (TPSA) is 3.24 Å². The zero-order valence-corrected chi connectivity index (χ0v) is 14.5. The van der Waals surface area contributed by atoms with Gasteiger partial charge < -0.3 is 0 Å². The van der Waals surface area contributed by atoms with Crippen molar-refractivity contribution < 1.29 is 22.0 Å². The van der Waals surface area contributed by atoms with Gasteiger partial charge in [0.1, 0.15) is 0 Å². The molecule has 2 aromatic carbocycles. The predicted molar refractivity (Wildman–Crippen MR) is 92.2 cm³/mol. The third-order valence-electron chi connectivity index (χ3n) is 5.52. The summed E-state index contributed by atoms with van der Waals surface area (Å²) in [6, 6.07) is 9.79. The molecule has 2 aliphatic heterocycles. The van der Waals surface area contributed by atoms with Crippen molar-refractivity contribution in [1.82, 2.24) is 4.90 Å². The molecule has 0 spiro atoms. The average molecular weight is 379 g/mol. The van der Waals surface area contributed by atoms with E-state index in [9.17, 15) is 22.0 Å². The van der Waals surface area contributed by atoms with E-state index in [1.54, 1.807) is 6.08 Å². The quantitative estimate of drug-likeness (QED) is 0.382. The van der Waals surface area contributed by atoms with Crippen molar-refractivity contribution in [2.75, 3.05) is 0 Å². The molecular weight excluding hydrogens is 361 g/mol. The summed E-state index contributed by atoms with van der Waals surface area (Å²) in [6.45, 7) is 0.692. The van der Waals surface area contributed by atoms with Crippen LogP contribution in [0.3, 0.4) is 0 Å². The van der Waals surface area contributed by atoms with Gasteiger partial charge in [-0.05, 0) is 30.4 Å². The molecule has 1 nitrogen and oxygen atoms in total. The highest BCUT2D eigenvalue weighted by Crippen LogP contribution is 2.40. The molecule has 1 saturated heterocycles. The Morgan fingerprint density at radius 3 is 2.07 bits per heavy atom. The summed E-state index contributed by atoms with van der Waals surface area (Å²) in [6.07, 6.45) is 4.54. The molecule has 2 aromatic rings. The number of fused-ring (bicyclic) bond motifs is 2. The highest BCUT2D eigenvalue weighted by Gasteiger charge is 2.37. The Balaban J connectivity index is 1.71. The van der Waals surface area contributed by atoms with Crippen molar-refractivity contribution in [3.63, 3.8) is 0 Å². The van der Waals surface area contributed by atoms with E-state index < -0.39 is 34.6 Å². The average Bonchev–Trinajstić information content (AvgIpc) is 2.66. The van der Waals surface area contributed by atoms with Crippen molar-refractivity contribution in [3.8, 4) is 0 Å². The SMILES string of the molecule is Fc1c(F)c(F)c(C2=CC3CCCC(C2)N3Cc2ccccc2)c(F)c1F. The summed E-state index contributed by atoms with van der Waals surface area (Å²) < 4.78 is 69.0. The first kappa shape index (κ1) is 18.2. The molecule has 0 N–H and O–H groups in total. The van der Waals surface area contributed by atoms with Gasteiger partial charge in [-0.3, -0.25) is 4.90 Å². The summed E-state index contributed by atoms with van der Waals surface area (Å²) in [4.78, 5) is 2.26. The molecule has 6 heteroatoms. The van der Waals surface area contributed by atoms with Crippen molar-refractivity contribution in [2.45, 2.75) is 44.3 Å². The van der Waals surface area contributed by atoms with Crippen LogP contribution in [0.1, 0.15) is 36.8 Å². The second-order valence-electron chi connectivity index (χ2n) is 7.15. The number of hydrogen-bond acceptors (Lipinski definition) is 1. The van der Waals surface area contributed by atoms with Crippen LogP contribution in [0.25, 0.3) is 5.57 Å². The molecule has 0 aromatic heterocycles. The minimum Gasteiger partial charge on any atom is -0.289 e. The summed E-state index contributed by atoms with van der Waals surface area (Å²) in [5.41, 5.74) is 0.562. The summed E-state index contributed by atoms with van der Waals surface area (Å²) in [5.74, 6) is -9.38. The fourth-order valence-corrected chi connectivity index (χ4v) is 4.23. The Hall–Kier alpha value is -2.21. The van der Waals surface area contributed by atoms with E-state index in [1.807, 2.05) is 30.3 Å². The highest BCUT2D eigenvalue weighted by atomic mass is 19.2. The van der Waals surface area contributed by atoms with Crippen molar-refractivity contribution >= 4 is 5.57 Å². The van der Waals surface area contributed by atoms with Gasteiger partial charge in [0.05, 0.1) is 5.56 Å². The van der Waals surface area contributed by atoms with Gasteiger partial charge in [0, 0.05) is 18.6 Å². The van der Waals surface area contributed by atoms with Crippen LogP contribution in [0, 0.1) is 29.1 Å². The Labute approximate surface area is 154 Å². The van der Waals surface area contributed by atoms with E-state index in [1.165, 1.54) is 0 Å². The van der Waals surface area contributed by atoms with Gasteiger partial charge in [0.2, 0.25) is 5.82 Å². The molecule has 0 amide bonds. The Kier molecular flexibility index (Phi) is 4.76. The molecule has 2 bridgehead atoms. The number of benzene rings is 2. The molecule has 2 unspecified atom stereocenters. The van der Waals surface area contributed by atoms with E-state index in [0.29, 0.717) is 6.54 Å². The summed E-state index contributed by atoms with van der Waals surface area (Å²) >= 11 is 0. The monoisotopic (exact) mass is 379 g/mol. The molecule has 2 aliphatic rings. The lowest BCUT2D eigenvalue weighted by atomic mass is 9.82. The molecule has 0 radical (unpaired) electrons. The summed E-state index contributed by atoms with van der Waals surface area (Å²) in [7, 11) is 0. The normalized spacial score (nSPS) is 22.6. The lowest BCUT2D eigenvalue weighted by molar-refractivity contribution is 0.0949. The van der Waals surface area contributed by atoms with Crippen LogP contribution in [0.2, 0.25) is 0 Å². The number of hydrogen-bond donors (Lipinski definition) is 0. The van der Waals surface area contributed by atoms with Gasteiger partial charge in [-0.25, -0.2) is 22.0 Å². The van der Waals surface area contributed by atoms with E-state index in [4.69, 9.17) is 0 Å². The lowest BCUT2D eigenvalue weighted by Gasteiger charge is -2.45. The standard InChI is InChI=1S/C21H18F5N/c22-17-16(18(23)20(25)21(26)19(17)24)13-9-14-7-4-8-15(10-13)27(14)11-12-5-2-1-3-6-12/h1-3,5-6,9,14-15H,4,7-8,10-11H2. The smallest absolute Gasteiger partial charge is 0.200 e. The van der Waals surface area contributed by atoms with E-state index in [-0.39, 0.29) is 24.1 Å². The van der Waals surface area contributed by atoms with E-state index in [2.05, 4.69) is 4.90 Å². The van der Waals surface area contributed by atoms with Crippen molar-refractivity contribution in [1.29, 1.82) is 0 Å². The van der Waals surface area contributed by atoms with Gasteiger partial charge in [0.25, 0.3) is 0 Å². The fourth-order valence-electron chi connectivity index (χ4n) is 4.23. The maximum absolute atomic E-state index is 14.2. The largest absolute Gasteiger partial charge is 0.289 e. The summed E-state index contributed by atoms with van der Waals surface area (Å²) in [5, 5.41) is 0. The molecule has 0 aliphatic carbocycles. The first-order valence-electron chi connectivity index (χ1n) is 8.99. The number of halogens is 5. The van der Waals surface area contributed by atoms with Gasteiger partial charge in [0.15, 0.2) is 23.3 Å². The van der Waals surface area contributed by atoms with Crippen LogP contribution >= 0.6 is 0 Å². The van der Waals surface area contributed by atoms with Crippen LogP contribution in [-0.2, 0) is 6.54 Å². The lowest BCUT2D eigenvalue weighted by Crippen LogP contribution is -2.47. The second-order valence-corrected chi connectivity index (χ2v) is 7.15. The van der Waals surface area contributed by atoms with Crippen LogP contribution < -0.4 is 0 Å². The first-order chi connectivity index (χ1) is 13.0. The fraction of sp³-hybridized carbons (Fsp3) is 0.333. The Bertz CT molecular complexity index is 864. The van der Waals surface area contributed by atoms with E-state index in [0.717, 1.165) is 24.8 Å². The number of nitrogens with zero attached hydrogens (tertiary/aromatic N) is 1. The van der Waals surface area contributed by atoms with Crippen LogP contribution in [0.4, 0.5) is 22.0 Å². The van der Waals surface area contributed by atoms with E-state index >= 15 is 0 Å². The minimum atomic E-state index is -2.11. The number of rotatable bonds is 3. The number of piperidine rings is 1. The molecule has 4 rings (SSSR count). The predicted octanol–water partition coefficient (Wildman–Crippen LogP) is 5.59. The third kappa shape index (κ3) is 3.16. The zero-order valence-electron chi connectivity index (χ0n) is 14.5. The molecule has 2 heterocycles. The molecule has 2 atom stereocenters. The van der Waals surface area contributed by atoms with Gasteiger partial charge in [-0.1, -0.05) is 42.8 Å². The second kappa shape index (κ2) is 7.08. The molecular formula is C21H18F5N. The maximum Gasteiger partial charge on any atom is 0.200 e. The molecule has 27 heavy (non-hydrogen) atoms. The third-order valence-corrected chi connectivity index (χ3v) is 5.52. The zero-order chi connectivity index (χ0) is 19.1. The van der Waals surface area contributed by atoms with Crippen LogP contribution in [0.15, 0.2) is 36.4 Å². The minimum absolute atomic E-state index is 0.0129. The highest BCUT2D eigenvalue weighted by molar-refractivity contribution is 5.69.